The first-order chi connectivity index (χ1) is 13.6. The molecule has 0 bridgehead atoms. The summed E-state index contributed by atoms with van der Waals surface area (Å²) in [6.45, 7) is 0. The number of alkyl halides is 3. The van der Waals surface area contributed by atoms with Gasteiger partial charge in [0.25, 0.3) is 0 Å². The second-order valence-electron chi connectivity index (χ2n) is 7.36. The molecular weight excluding hydrogens is 409 g/mol. The number of aliphatic hydroxyl groups is 1. The normalized spacial score (nSPS) is 22.5. The van der Waals surface area contributed by atoms with E-state index < -0.39 is 29.7 Å². The van der Waals surface area contributed by atoms with Crippen molar-refractivity contribution in [2.75, 3.05) is 0 Å². The topological polar surface area (TPSA) is 74.6 Å². The maximum Gasteiger partial charge on any atom is 0.417 e. The number of hydrogen-bond acceptors (Lipinski definition) is 3. The van der Waals surface area contributed by atoms with Crippen molar-refractivity contribution in [2.45, 2.75) is 57.2 Å². The average molecular weight is 433 g/mol. The molecule has 1 aromatic rings. The van der Waals surface area contributed by atoms with Gasteiger partial charge >= 0.3 is 12.1 Å². The van der Waals surface area contributed by atoms with Gasteiger partial charge in [0.15, 0.2) is 0 Å². The van der Waals surface area contributed by atoms with Gasteiger partial charge in [0, 0.05) is 24.7 Å². The zero-order chi connectivity index (χ0) is 21.6. The molecule has 4 nitrogen and oxygen atoms in total. The van der Waals surface area contributed by atoms with Gasteiger partial charge in [0.2, 0.25) is 0 Å². The van der Waals surface area contributed by atoms with Gasteiger partial charge in [-0.3, -0.25) is 9.59 Å². The van der Waals surface area contributed by atoms with Crippen LogP contribution >= 0.6 is 11.6 Å². The summed E-state index contributed by atoms with van der Waals surface area (Å²) in [6, 6.07) is 3.57. The third kappa shape index (κ3) is 6.85. The van der Waals surface area contributed by atoms with Gasteiger partial charge in [0.1, 0.15) is 5.78 Å². The van der Waals surface area contributed by atoms with Gasteiger partial charge in [-0.15, -0.1) is 0 Å². The van der Waals surface area contributed by atoms with Crippen LogP contribution in [0.15, 0.2) is 24.3 Å². The van der Waals surface area contributed by atoms with E-state index in [0.717, 1.165) is 25.3 Å². The second-order valence-corrected chi connectivity index (χ2v) is 7.77. The standard InChI is InChI=1S/C21H24ClF3O4/c22-17-10-8-13(11-16(17)21(23,24)25)7-9-15-14(18(26)12-19(15)27)5-3-1-2-4-6-20(28)29/h7-11,14-15,19,27H,1-6,12H2,(H,28,29)/t14-,15-,19+/m0/s1. The van der Waals surface area contributed by atoms with E-state index in [1.807, 2.05) is 0 Å². The molecule has 2 N–H and O–H groups in total. The minimum absolute atomic E-state index is 0.0348. The van der Waals surface area contributed by atoms with Gasteiger partial charge in [-0.05, 0) is 30.5 Å². The Morgan fingerprint density at radius 2 is 1.90 bits per heavy atom. The summed E-state index contributed by atoms with van der Waals surface area (Å²) in [6.07, 6.45) is 1.23. The molecule has 2 rings (SSSR count). The Morgan fingerprint density at radius 3 is 2.55 bits per heavy atom. The highest BCUT2D eigenvalue weighted by Gasteiger charge is 2.39. The number of aliphatic carboxylic acids is 1. The van der Waals surface area contributed by atoms with Crippen LogP contribution in [-0.4, -0.2) is 28.1 Å². The quantitative estimate of drug-likeness (QED) is 0.515. The molecule has 0 radical (unpaired) electrons. The van der Waals surface area contributed by atoms with E-state index in [1.165, 1.54) is 18.2 Å². The zero-order valence-corrected chi connectivity index (χ0v) is 16.5. The molecular formula is C21H24ClF3O4. The fourth-order valence-electron chi connectivity index (χ4n) is 3.67. The van der Waals surface area contributed by atoms with E-state index in [1.54, 1.807) is 6.08 Å². The molecule has 8 heteroatoms. The monoisotopic (exact) mass is 432 g/mol. The van der Waals surface area contributed by atoms with E-state index in [0.29, 0.717) is 18.4 Å². The SMILES string of the molecule is O=C(O)CCCCCC[C@@H]1C(=O)C[C@@H](O)[C@H]1C=Cc1ccc(Cl)c(C(F)(F)F)c1. The number of halogens is 4. The lowest BCUT2D eigenvalue weighted by molar-refractivity contribution is -0.138. The van der Waals surface area contributed by atoms with Crippen LogP contribution in [0.2, 0.25) is 5.02 Å². The minimum Gasteiger partial charge on any atom is -0.481 e. The Bertz CT molecular complexity index is 761. The molecule has 0 heterocycles. The number of rotatable bonds is 9. The highest BCUT2D eigenvalue weighted by atomic mass is 35.5. The summed E-state index contributed by atoms with van der Waals surface area (Å²) in [5.41, 5.74) is -0.636. The van der Waals surface area contributed by atoms with Crippen molar-refractivity contribution in [1.82, 2.24) is 0 Å². The number of benzene rings is 1. The van der Waals surface area contributed by atoms with Gasteiger partial charge in [-0.2, -0.15) is 13.2 Å². The number of carbonyl (C=O) groups excluding carboxylic acids is 1. The van der Waals surface area contributed by atoms with E-state index in [4.69, 9.17) is 16.7 Å². The lowest BCUT2D eigenvalue weighted by atomic mass is 9.88. The Kier molecular flexibility index (Phi) is 8.28. The molecule has 3 atom stereocenters. The summed E-state index contributed by atoms with van der Waals surface area (Å²) in [5, 5.41) is 18.4. The average Bonchev–Trinajstić information content (AvgIpc) is 2.89. The predicted molar refractivity (Wildman–Crippen MR) is 103 cm³/mol. The maximum absolute atomic E-state index is 13.0. The van der Waals surface area contributed by atoms with Crippen LogP contribution < -0.4 is 0 Å². The van der Waals surface area contributed by atoms with Gasteiger partial charge in [-0.25, -0.2) is 0 Å². The zero-order valence-electron chi connectivity index (χ0n) is 15.8. The molecule has 160 valence electrons. The molecule has 0 aliphatic heterocycles. The smallest absolute Gasteiger partial charge is 0.417 e. The van der Waals surface area contributed by atoms with Crippen LogP contribution in [0, 0.1) is 11.8 Å². The van der Waals surface area contributed by atoms with E-state index in [2.05, 4.69) is 0 Å². The Morgan fingerprint density at radius 1 is 1.21 bits per heavy atom. The highest BCUT2D eigenvalue weighted by molar-refractivity contribution is 6.31. The molecule has 0 unspecified atom stereocenters. The van der Waals surface area contributed by atoms with E-state index in [9.17, 15) is 27.9 Å². The number of aliphatic hydroxyl groups excluding tert-OH is 1. The molecule has 29 heavy (non-hydrogen) atoms. The van der Waals surface area contributed by atoms with Crippen LogP contribution in [0.25, 0.3) is 6.08 Å². The van der Waals surface area contributed by atoms with Crippen molar-refractivity contribution < 1.29 is 33.0 Å². The number of hydrogen-bond donors (Lipinski definition) is 2. The number of carboxylic acids is 1. The lowest BCUT2D eigenvalue weighted by Crippen LogP contribution is -2.18. The van der Waals surface area contributed by atoms with Crippen LogP contribution in [0.3, 0.4) is 0 Å². The van der Waals surface area contributed by atoms with Crippen LogP contribution in [0.4, 0.5) is 13.2 Å². The number of ketones is 1. The number of carboxylic acid groups (broad SMARTS) is 1. The van der Waals surface area contributed by atoms with Crippen molar-refractivity contribution in [2.24, 2.45) is 11.8 Å². The lowest BCUT2D eigenvalue weighted by Gasteiger charge is -2.17. The predicted octanol–water partition coefficient (Wildman–Crippen LogP) is 5.36. The summed E-state index contributed by atoms with van der Waals surface area (Å²) in [7, 11) is 0. The van der Waals surface area contributed by atoms with E-state index >= 15 is 0 Å². The third-order valence-electron chi connectivity index (χ3n) is 5.20. The Labute approximate surface area is 172 Å². The largest absolute Gasteiger partial charge is 0.481 e. The second kappa shape index (κ2) is 10.3. The number of carbonyl (C=O) groups is 2. The molecule has 0 saturated heterocycles. The van der Waals surface area contributed by atoms with E-state index in [-0.39, 0.29) is 29.6 Å². The summed E-state index contributed by atoms with van der Waals surface area (Å²) in [4.78, 5) is 22.7. The molecule has 1 aromatic carbocycles. The summed E-state index contributed by atoms with van der Waals surface area (Å²) < 4.78 is 39.0. The molecule has 1 aliphatic rings. The Hall–Kier alpha value is -1.86. The fourth-order valence-corrected chi connectivity index (χ4v) is 3.90. The molecule has 0 amide bonds. The van der Waals surface area contributed by atoms with Crippen LogP contribution in [0.1, 0.15) is 56.1 Å². The van der Waals surface area contributed by atoms with Crippen molar-refractivity contribution in [1.29, 1.82) is 0 Å². The summed E-state index contributed by atoms with van der Waals surface area (Å²) in [5.74, 6) is -1.72. The molecule has 0 aromatic heterocycles. The van der Waals surface area contributed by atoms with Crippen LogP contribution in [-0.2, 0) is 15.8 Å². The van der Waals surface area contributed by atoms with Gasteiger partial charge in [-0.1, -0.05) is 49.1 Å². The number of Topliss-reactive ketones (excluding diaryl/α,β-unsaturated/α-hetero) is 1. The minimum atomic E-state index is -4.56. The first-order valence-corrected chi connectivity index (χ1v) is 9.95. The molecule has 1 fully saturated rings. The first kappa shape index (κ1) is 23.4. The maximum atomic E-state index is 13.0. The molecule has 0 spiro atoms. The first-order valence-electron chi connectivity index (χ1n) is 9.57. The Balaban J connectivity index is 2.00. The molecule has 1 aliphatic carbocycles. The molecule has 1 saturated carbocycles. The van der Waals surface area contributed by atoms with Crippen molar-refractivity contribution in [3.8, 4) is 0 Å². The summed E-state index contributed by atoms with van der Waals surface area (Å²) >= 11 is 5.62. The van der Waals surface area contributed by atoms with Gasteiger partial charge in [0.05, 0.1) is 16.7 Å². The van der Waals surface area contributed by atoms with Crippen molar-refractivity contribution in [3.05, 3.63) is 40.4 Å². The van der Waals surface area contributed by atoms with Gasteiger partial charge < -0.3 is 10.2 Å². The highest BCUT2D eigenvalue weighted by Crippen LogP contribution is 2.37. The van der Waals surface area contributed by atoms with Crippen molar-refractivity contribution in [3.63, 3.8) is 0 Å². The number of unbranched alkanes of at least 4 members (excludes halogenated alkanes) is 3. The van der Waals surface area contributed by atoms with Crippen LogP contribution in [0.5, 0.6) is 0 Å². The fraction of sp³-hybridized carbons (Fsp3) is 0.524. The van der Waals surface area contributed by atoms with Crippen molar-refractivity contribution >= 4 is 29.4 Å². The third-order valence-corrected chi connectivity index (χ3v) is 5.52.